The van der Waals surface area contributed by atoms with Crippen molar-refractivity contribution < 1.29 is 24.0 Å². The van der Waals surface area contributed by atoms with Crippen LogP contribution in [-0.2, 0) is 17.8 Å². The largest absolute Gasteiger partial charge is 0.493 e. The fourth-order valence-corrected chi connectivity index (χ4v) is 2.83. The zero-order valence-corrected chi connectivity index (χ0v) is 14.0. The number of fused-ring (bicyclic) bond motifs is 1. The number of amides is 3. The first kappa shape index (κ1) is 17.1. The summed E-state index contributed by atoms with van der Waals surface area (Å²) in [7, 11) is 4.71. The number of quaternary nitrogens is 1. The summed E-state index contributed by atoms with van der Waals surface area (Å²) < 4.78 is 10.7. The van der Waals surface area contributed by atoms with Crippen molar-refractivity contribution in [3.05, 3.63) is 23.3 Å². The van der Waals surface area contributed by atoms with E-state index in [1.165, 1.54) is 12.6 Å². The van der Waals surface area contributed by atoms with Gasteiger partial charge in [-0.15, -0.1) is 0 Å². The molecule has 0 radical (unpaired) electrons. The number of urea groups is 1. The molecule has 7 nitrogen and oxygen atoms in total. The standard InChI is InChI=1S/C16H23N3O4/c1-10(15(20)18-16(21)17-2)19-6-5-11-7-13(22-3)14(23-4)8-12(11)9-19/h7-8,10H,5-6,9H2,1-4H3,(H2,17,18,20,21)/p+1/t10-/m0/s1. The molecule has 2 atom stereocenters. The molecule has 1 heterocycles. The first-order chi connectivity index (χ1) is 11.0. The van der Waals surface area contributed by atoms with Gasteiger partial charge in [0.05, 0.1) is 20.8 Å². The monoisotopic (exact) mass is 322 g/mol. The Kier molecular flexibility index (Phi) is 5.44. The Morgan fingerprint density at radius 3 is 2.35 bits per heavy atom. The average molecular weight is 322 g/mol. The van der Waals surface area contributed by atoms with Crippen molar-refractivity contribution in [2.24, 2.45) is 0 Å². The van der Waals surface area contributed by atoms with E-state index in [2.05, 4.69) is 10.6 Å². The van der Waals surface area contributed by atoms with Gasteiger partial charge in [0.15, 0.2) is 17.5 Å². The number of carbonyl (C=O) groups excluding carboxylic acids is 2. The van der Waals surface area contributed by atoms with Crippen molar-refractivity contribution in [2.75, 3.05) is 27.8 Å². The topological polar surface area (TPSA) is 81.1 Å². The van der Waals surface area contributed by atoms with Crippen LogP contribution in [0.25, 0.3) is 0 Å². The molecule has 3 N–H and O–H groups in total. The Hall–Kier alpha value is -2.28. The van der Waals surface area contributed by atoms with Gasteiger partial charge in [0.2, 0.25) is 0 Å². The van der Waals surface area contributed by atoms with Gasteiger partial charge in [0, 0.05) is 19.0 Å². The van der Waals surface area contributed by atoms with Crippen LogP contribution < -0.4 is 25.0 Å². The van der Waals surface area contributed by atoms with E-state index >= 15 is 0 Å². The second kappa shape index (κ2) is 7.32. The van der Waals surface area contributed by atoms with E-state index in [1.807, 2.05) is 19.1 Å². The van der Waals surface area contributed by atoms with E-state index in [-0.39, 0.29) is 11.9 Å². The van der Waals surface area contributed by atoms with Gasteiger partial charge in [-0.25, -0.2) is 4.79 Å². The van der Waals surface area contributed by atoms with Gasteiger partial charge in [-0.2, -0.15) is 0 Å². The summed E-state index contributed by atoms with van der Waals surface area (Å²) in [4.78, 5) is 24.5. The molecule has 1 aromatic rings. The summed E-state index contributed by atoms with van der Waals surface area (Å²) in [5.41, 5.74) is 2.36. The molecule has 1 aromatic carbocycles. The van der Waals surface area contributed by atoms with Crippen molar-refractivity contribution in [1.82, 2.24) is 10.6 Å². The van der Waals surface area contributed by atoms with Gasteiger partial charge < -0.3 is 19.7 Å². The van der Waals surface area contributed by atoms with E-state index in [0.717, 1.165) is 29.2 Å². The van der Waals surface area contributed by atoms with Crippen LogP contribution in [-0.4, -0.2) is 45.8 Å². The fourth-order valence-electron chi connectivity index (χ4n) is 2.83. The molecule has 0 saturated carbocycles. The van der Waals surface area contributed by atoms with Crippen LogP contribution in [0, 0.1) is 0 Å². The minimum atomic E-state index is -0.481. The van der Waals surface area contributed by atoms with Gasteiger partial charge in [-0.3, -0.25) is 10.1 Å². The van der Waals surface area contributed by atoms with Gasteiger partial charge in [-0.1, -0.05) is 0 Å². The molecule has 0 saturated heterocycles. The minimum Gasteiger partial charge on any atom is -0.493 e. The number of carbonyl (C=O) groups is 2. The molecule has 0 spiro atoms. The molecule has 2 rings (SSSR count). The Labute approximate surface area is 135 Å². The first-order valence-corrected chi connectivity index (χ1v) is 7.61. The lowest BCUT2D eigenvalue weighted by molar-refractivity contribution is -0.929. The van der Waals surface area contributed by atoms with Crippen LogP contribution in [0.1, 0.15) is 18.1 Å². The molecule has 1 aliphatic rings. The number of methoxy groups -OCH3 is 2. The smallest absolute Gasteiger partial charge is 0.321 e. The maximum atomic E-state index is 12.1. The SMILES string of the molecule is CNC(=O)NC(=O)[C@H](C)[NH+]1CCc2cc(OC)c(OC)cc2C1. The molecule has 7 heteroatoms. The highest BCUT2D eigenvalue weighted by atomic mass is 16.5. The van der Waals surface area contributed by atoms with Crippen LogP contribution in [0.3, 0.4) is 0 Å². The highest BCUT2D eigenvalue weighted by Gasteiger charge is 2.30. The predicted octanol–water partition coefficient (Wildman–Crippen LogP) is -0.511. The summed E-state index contributed by atoms with van der Waals surface area (Å²) in [5, 5.41) is 4.72. The van der Waals surface area contributed by atoms with Crippen LogP contribution >= 0.6 is 0 Å². The third-order valence-electron chi connectivity index (χ3n) is 4.31. The first-order valence-electron chi connectivity index (χ1n) is 7.61. The zero-order chi connectivity index (χ0) is 17.0. The molecule has 126 valence electrons. The van der Waals surface area contributed by atoms with Crippen LogP contribution in [0.2, 0.25) is 0 Å². The van der Waals surface area contributed by atoms with E-state index in [0.29, 0.717) is 12.3 Å². The normalized spacial score (nSPS) is 17.7. The minimum absolute atomic E-state index is 0.275. The third kappa shape index (κ3) is 3.73. The molecular formula is C16H24N3O4+. The van der Waals surface area contributed by atoms with E-state index in [9.17, 15) is 9.59 Å². The Morgan fingerprint density at radius 1 is 1.17 bits per heavy atom. The van der Waals surface area contributed by atoms with Gasteiger partial charge >= 0.3 is 6.03 Å². The molecule has 0 fully saturated rings. The number of rotatable bonds is 4. The molecule has 3 amide bonds. The van der Waals surface area contributed by atoms with E-state index < -0.39 is 6.03 Å². The summed E-state index contributed by atoms with van der Waals surface area (Å²) in [5.74, 6) is 1.14. The molecule has 0 aromatic heterocycles. The Morgan fingerprint density at radius 2 is 1.78 bits per heavy atom. The van der Waals surface area contributed by atoms with E-state index in [1.54, 1.807) is 14.2 Å². The number of hydrogen-bond acceptors (Lipinski definition) is 4. The molecule has 1 aliphatic heterocycles. The number of nitrogens with one attached hydrogen (secondary N) is 3. The second-order valence-electron chi connectivity index (χ2n) is 5.60. The maximum absolute atomic E-state index is 12.1. The third-order valence-corrected chi connectivity index (χ3v) is 4.31. The Balaban J connectivity index is 2.13. The van der Waals surface area contributed by atoms with Crippen molar-refractivity contribution in [1.29, 1.82) is 0 Å². The fraction of sp³-hybridized carbons (Fsp3) is 0.500. The number of hydrogen-bond donors (Lipinski definition) is 3. The summed E-state index contributed by atoms with van der Waals surface area (Å²) >= 11 is 0. The van der Waals surface area contributed by atoms with Gasteiger partial charge in [-0.05, 0) is 24.6 Å². The second-order valence-corrected chi connectivity index (χ2v) is 5.60. The number of ether oxygens (including phenoxy) is 2. The number of benzene rings is 1. The predicted molar refractivity (Wildman–Crippen MR) is 84.8 cm³/mol. The lowest BCUT2D eigenvalue weighted by Gasteiger charge is -2.30. The highest BCUT2D eigenvalue weighted by Crippen LogP contribution is 2.31. The summed E-state index contributed by atoms with van der Waals surface area (Å²) in [6.07, 6.45) is 0.850. The molecule has 23 heavy (non-hydrogen) atoms. The molecule has 0 bridgehead atoms. The number of imide groups is 1. The van der Waals surface area contributed by atoms with Gasteiger partial charge in [0.25, 0.3) is 5.91 Å². The molecular weight excluding hydrogens is 298 g/mol. The van der Waals surface area contributed by atoms with Crippen LogP contribution in [0.4, 0.5) is 4.79 Å². The highest BCUT2D eigenvalue weighted by molar-refractivity contribution is 5.96. The Bertz CT molecular complexity index is 603. The van der Waals surface area contributed by atoms with Crippen molar-refractivity contribution in [2.45, 2.75) is 25.9 Å². The lowest BCUT2D eigenvalue weighted by atomic mass is 9.97. The van der Waals surface area contributed by atoms with E-state index in [4.69, 9.17) is 9.47 Å². The quantitative estimate of drug-likeness (QED) is 0.697. The van der Waals surface area contributed by atoms with Crippen molar-refractivity contribution in [3.8, 4) is 11.5 Å². The van der Waals surface area contributed by atoms with Crippen LogP contribution in [0.15, 0.2) is 12.1 Å². The molecule has 1 unspecified atom stereocenters. The average Bonchev–Trinajstić information content (AvgIpc) is 2.58. The lowest BCUT2D eigenvalue weighted by Crippen LogP contribution is -3.16. The summed E-state index contributed by atoms with van der Waals surface area (Å²) in [6.45, 7) is 3.36. The van der Waals surface area contributed by atoms with Crippen molar-refractivity contribution >= 4 is 11.9 Å². The summed E-state index contributed by atoms with van der Waals surface area (Å²) in [6, 6.07) is 3.18. The zero-order valence-electron chi connectivity index (χ0n) is 14.0. The van der Waals surface area contributed by atoms with Crippen molar-refractivity contribution in [3.63, 3.8) is 0 Å². The molecule has 0 aliphatic carbocycles. The van der Waals surface area contributed by atoms with Crippen LogP contribution in [0.5, 0.6) is 11.5 Å². The maximum Gasteiger partial charge on any atom is 0.321 e. The van der Waals surface area contributed by atoms with Gasteiger partial charge in [0.1, 0.15) is 6.54 Å².